The molecule has 0 bridgehead atoms. The lowest BCUT2D eigenvalue weighted by Crippen LogP contribution is -2.35. The van der Waals surface area contributed by atoms with Gasteiger partial charge in [0.15, 0.2) is 5.16 Å². The number of fused-ring (bicyclic) bond motifs is 3. The van der Waals surface area contributed by atoms with Gasteiger partial charge in [-0.2, -0.15) is 13.2 Å². The SMILES string of the molecule is COc1ccc(-n2c(SCC(=O)NCC(F)(F)F)nc3sc4c(c3c2=O)CCCCC4)cc1. The molecule has 1 aliphatic carbocycles. The number of benzene rings is 1. The molecule has 1 aliphatic rings. The number of aryl methyl sites for hydroxylation is 2. The fraction of sp³-hybridized carbons (Fsp3) is 0.409. The van der Waals surface area contributed by atoms with Crippen LogP contribution in [0.15, 0.2) is 34.2 Å². The third kappa shape index (κ3) is 5.35. The standard InChI is InChI=1S/C22H22F3N3O3S2/c1-31-14-9-7-13(8-10-14)28-20(30)18-15-5-3-2-4-6-16(15)33-19(18)27-21(28)32-11-17(29)26-12-22(23,24)25/h7-10H,2-6,11-12H2,1H3,(H,26,29). The second-order valence-electron chi connectivity index (χ2n) is 7.66. The lowest BCUT2D eigenvalue weighted by Gasteiger charge is -2.13. The summed E-state index contributed by atoms with van der Waals surface area (Å²) in [5.74, 6) is -0.462. The van der Waals surface area contributed by atoms with Gasteiger partial charge in [-0.1, -0.05) is 18.2 Å². The van der Waals surface area contributed by atoms with Crippen LogP contribution in [-0.2, 0) is 17.6 Å². The number of methoxy groups -OCH3 is 1. The van der Waals surface area contributed by atoms with Crippen LogP contribution in [-0.4, -0.2) is 41.0 Å². The van der Waals surface area contributed by atoms with Crippen molar-refractivity contribution in [1.29, 1.82) is 0 Å². The van der Waals surface area contributed by atoms with E-state index in [1.807, 2.05) is 5.32 Å². The summed E-state index contributed by atoms with van der Waals surface area (Å²) in [5.41, 5.74) is 1.36. The number of ether oxygens (including phenoxy) is 1. The smallest absolute Gasteiger partial charge is 0.405 e. The molecule has 0 saturated carbocycles. The number of carbonyl (C=O) groups excluding carboxylic acids is 1. The zero-order valence-electron chi connectivity index (χ0n) is 17.8. The Balaban J connectivity index is 1.75. The summed E-state index contributed by atoms with van der Waals surface area (Å²) < 4.78 is 43.8. The fourth-order valence-corrected chi connectivity index (χ4v) is 5.94. The number of rotatable bonds is 6. The molecule has 0 aliphatic heterocycles. The van der Waals surface area contributed by atoms with Crippen molar-refractivity contribution in [1.82, 2.24) is 14.9 Å². The van der Waals surface area contributed by atoms with E-state index in [9.17, 15) is 22.8 Å². The van der Waals surface area contributed by atoms with Crippen molar-refractivity contribution < 1.29 is 22.7 Å². The van der Waals surface area contributed by atoms with E-state index >= 15 is 0 Å². The Morgan fingerprint density at radius 3 is 2.64 bits per heavy atom. The Labute approximate surface area is 196 Å². The lowest BCUT2D eigenvalue weighted by atomic mass is 10.1. The quantitative estimate of drug-likeness (QED) is 0.309. The van der Waals surface area contributed by atoms with Gasteiger partial charge in [0.25, 0.3) is 5.56 Å². The van der Waals surface area contributed by atoms with Crippen molar-refractivity contribution in [3.05, 3.63) is 45.1 Å². The minimum absolute atomic E-state index is 0.234. The first kappa shape index (κ1) is 23.6. The van der Waals surface area contributed by atoms with Crippen LogP contribution in [0.4, 0.5) is 13.2 Å². The highest BCUT2D eigenvalue weighted by Gasteiger charge is 2.28. The summed E-state index contributed by atoms with van der Waals surface area (Å²) in [7, 11) is 1.54. The van der Waals surface area contributed by atoms with Crippen molar-refractivity contribution in [2.24, 2.45) is 0 Å². The molecule has 1 aromatic carbocycles. The Morgan fingerprint density at radius 1 is 1.21 bits per heavy atom. The van der Waals surface area contributed by atoms with Gasteiger partial charge in [0.1, 0.15) is 17.1 Å². The maximum absolute atomic E-state index is 13.7. The summed E-state index contributed by atoms with van der Waals surface area (Å²) in [5, 5.41) is 2.71. The van der Waals surface area contributed by atoms with E-state index in [4.69, 9.17) is 4.74 Å². The maximum Gasteiger partial charge on any atom is 0.405 e. The van der Waals surface area contributed by atoms with Gasteiger partial charge in [-0.3, -0.25) is 14.2 Å². The van der Waals surface area contributed by atoms with Crippen LogP contribution in [0.2, 0.25) is 0 Å². The molecule has 0 unspecified atom stereocenters. The van der Waals surface area contributed by atoms with E-state index in [2.05, 4.69) is 4.98 Å². The van der Waals surface area contributed by atoms with E-state index in [0.29, 0.717) is 21.7 Å². The highest BCUT2D eigenvalue weighted by molar-refractivity contribution is 7.99. The maximum atomic E-state index is 13.7. The van der Waals surface area contributed by atoms with Crippen LogP contribution >= 0.6 is 23.1 Å². The summed E-state index contributed by atoms with van der Waals surface area (Å²) >= 11 is 2.43. The molecule has 0 saturated heterocycles. The number of amides is 1. The first-order chi connectivity index (χ1) is 15.8. The Hall–Kier alpha value is -2.53. The molecule has 0 spiro atoms. The summed E-state index contributed by atoms with van der Waals surface area (Å²) in [4.78, 5) is 32.1. The van der Waals surface area contributed by atoms with E-state index in [1.54, 1.807) is 24.3 Å². The number of hydrogen-bond acceptors (Lipinski definition) is 6. The topological polar surface area (TPSA) is 73.2 Å². The largest absolute Gasteiger partial charge is 0.497 e. The molecule has 0 radical (unpaired) electrons. The van der Waals surface area contributed by atoms with Gasteiger partial charge in [-0.15, -0.1) is 11.3 Å². The third-order valence-electron chi connectivity index (χ3n) is 5.36. The molecule has 0 fully saturated rings. The number of nitrogens with one attached hydrogen (secondary N) is 1. The number of thiophene rings is 1. The zero-order valence-corrected chi connectivity index (χ0v) is 19.5. The van der Waals surface area contributed by atoms with Crippen LogP contribution in [0.3, 0.4) is 0 Å². The van der Waals surface area contributed by atoms with Gasteiger partial charge in [-0.25, -0.2) is 4.98 Å². The molecule has 6 nitrogen and oxygen atoms in total. The van der Waals surface area contributed by atoms with Crippen molar-refractivity contribution >= 4 is 39.2 Å². The van der Waals surface area contributed by atoms with Crippen LogP contribution in [0.25, 0.3) is 15.9 Å². The number of carbonyl (C=O) groups is 1. The van der Waals surface area contributed by atoms with Crippen LogP contribution in [0.5, 0.6) is 5.75 Å². The van der Waals surface area contributed by atoms with Crippen LogP contribution in [0, 0.1) is 0 Å². The van der Waals surface area contributed by atoms with E-state index in [1.165, 1.54) is 27.9 Å². The number of hydrogen-bond donors (Lipinski definition) is 1. The minimum atomic E-state index is -4.49. The summed E-state index contributed by atoms with van der Waals surface area (Å²) in [6.45, 7) is -1.40. The fourth-order valence-electron chi connectivity index (χ4n) is 3.80. The van der Waals surface area contributed by atoms with Gasteiger partial charge in [0, 0.05) is 4.88 Å². The molecule has 0 atom stereocenters. The van der Waals surface area contributed by atoms with Gasteiger partial charge in [0.05, 0.1) is 23.9 Å². The predicted octanol–water partition coefficient (Wildman–Crippen LogP) is 4.50. The normalized spacial score (nSPS) is 14.1. The van der Waals surface area contributed by atoms with Crippen LogP contribution in [0.1, 0.15) is 29.7 Å². The van der Waals surface area contributed by atoms with Crippen molar-refractivity contribution in [3.8, 4) is 11.4 Å². The Morgan fingerprint density at radius 2 is 1.94 bits per heavy atom. The molecule has 176 valence electrons. The molecule has 1 N–H and O–H groups in total. The molecular formula is C22H22F3N3O3S2. The highest BCUT2D eigenvalue weighted by atomic mass is 32.2. The van der Waals surface area contributed by atoms with Gasteiger partial charge in [-0.05, 0) is 55.5 Å². The van der Waals surface area contributed by atoms with E-state index in [0.717, 1.165) is 49.4 Å². The molecule has 4 rings (SSSR count). The summed E-state index contributed by atoms with van der Waals surface area (Å²) in [6, 6.07) is 6.86. The van der Waals surface area contributed by atoms with Crippen molar-refractivity contribution in [3.63, 3.8) is 0 Å². The molecule has 33 heavy (non-hydrogen) atoms. The van der Waals surface area contributed by atoms with Crippen molar-refractivity contribution in [2.45, 2.75) is 43.4 Å². The average Bonchev–Trinajstić information content (AvgIpc) is 2.97. The molecule has 11 heteroatoms. The van der Waals surface area contributed by atoms with Crippen LogP contribution < -0.4 is 15.6 Å². The highest BCUT2D eigenvalue weighted by Crippen LogP contribution is 2.34. The minimum Gasteiger partial charge on any atom is -0.497 e. The zero-order chi connectivity index (χ0) is 23.6. The number of nitrogens with zero attached hydrogens (tertiary/aromatic N) is 2. The third-order valence-corrected chi connectivity index (χ3v) is 7.48. The first-order valence-electron chi connectivity index (χ1n) is 10.4. The van der Waals surface area contributed by atoms with Gasteiger partial charge in [0.2, 0.25) is 5.91 Å². The average molecular weight is 498 g/mol. The number of halogens is 3. The Kier molecular flexibility index (Phi) is 6.99. The van der Waals surface area contributed by atoms with E-state index in [-0.39, 0.29) is 16.5 Å². The second-order valence-corrected chi connectivity index (χ2v) is 9.68. The van der Waals surface area contributed by atoms with Crippen molar-refractivity contribution in [2.75, 3.05) is 19.4 Å². The number of alkyl halides is 3. The number of aromatic nitrogens is 2. The molecule has 2 aromatic heterocycles. The second kappa shape index (κ2) is 9.76. The monoisotopic (exact) mass is 497 g/mol. The van der Waals surface area contributed by atoms with Gasteiger partial charge >= 0.3 is 6.18 Å². The first-order valence-corrected chi connectivity index (χ1v) is 12.2. The summed E-state index contributed by atoms with van der Waals surface area (Å²) in [6.07, 6.45) is 0.424. The Bertz CT molecular complexity index is 1220. The molecule has 2 heterocycles. The lowest BCUT2D eigenvalue weighted by molar-refractivity contribution is -0.136. The molecular weight excluding hydrogens is 475 g/mol. The molecule has 1 amide bonds. The van der Waals surface area contributed by atoms with Gasteiger partial charge < -0.3 is 10.1 Å². The number of thioether (sulfide) groups is 1. The predicted molar refractivity (Wildman–Crippen MR) is 123 cm³/mol. The van der Waals surface area contributed by atoms with E-state index < -0.39 is 18.6 Å². The molecule has 3 aromatic rings.